The number of benzene rings is 1. The van der Waals surface area contributed by atoms with Crippen molar-refractivity contribution < 1.29 is 33.3 Å². The zero-order valence-electron chi connectivity index (χ0n) is 10.5. The molecule has 4 heteroatoms. The van der Waals surface area contributed by atoms with E-state index in [4.69, 9.17) is 4.74 Å². The zero-order chi connectivity index (χ0) is 11.7. The van der Waals surface area contributed by atoms with Crippen molar-refractivity contribution in [2.75, 3.05) is 31.2 Å². The van der Waals surface area contributed by atoms with Crippen LogP contribution in [0.1, 0.15) is 0 Å². The number of hydrogen-bond donors (Lipinski definition) is 0. The molecule has 2 aromatic rings. The molecule has 0 unspecified atom stereocenters. The average molecular weight is 356 g/mol. The number of ether oxygens (including phenoxy) is 1. The number of fused-ring (bicyclic) bond motifs is 1. The number of aryl methyl sites for hydroxylation is 1. The molecule has 0 saturated carbocycles. The third-order valence-corrected chi connectivity index (χ3v) is 3.36. The summed E-state index contributed by atoms with van der Waals surface area (Å²) in [6.07, 6.45) is 2.09. The average Bonchev–Trinajstić information content (AvgIpc) is 2.40. The van der Waals surface area contributed by atoms with Crippen LogP contribution in [0.25, 0.3) is 10.9 Å². The number of pyridine rings is 1. The normalized spacial score (nSPS) is 15.5. The SMILES string of the molecule is C[n+]1cccc2ccc(N3CCOCC3)cc21.[I-]. The fourth-order valence-corrected chi connectivity index (χ4v) is 2.35. The maximum absolute atomic E-state index is 5.39. The molecule has 1 aromatic heterocycles. The van der Waals surface area contributed by atoms with Gasteiger partial charge >= 0.3 is 0 Å². The van der Waals surface area contributed by atoms with Crippen LogP contribution in [0.4, 0.5) is 5.69 Å². The minimum Gasteiger partial charge on any atom is -1.00 e. The first-order valence-corrected chi connectivity index (χ1v) is 6.06. The summed E-state index contributed by atoms with van der Waals surface area (Å²) in [5.41, 5.74) is 2.57. The molecule has 3 rings (SSSR count). The Kier molecular flexibility index (Phi) is 4.40. The first-order valence-electron chi connectivity index (χ1n) is 6.06. The lowest BCUT2D eigenvalue weighted by atomic mass is 10.2. The van der Waals surface area contributed by atoms with Crippen molar-refractivity contribution in [3.05, 3.63) is 36.5 Å². The fourth-order valence-electron chi connectivity index (χ4n) is 2.35. The van der Waals surface area contributed by atoms with Gasteiger partial charge in [-0.15, -0.1) is 0 Å². The molecule has 0 N–H and O–H groups in total. The number of halogens is 1. The van der Waals surface area contributed by atoms with E-state index < -0.39 is 0 Å². The van der Waals surface area contributed by atoms with E-state index in [1.165, 1.54) is 16.6 Å². The molecule has 2 heterocycles. The minimum atomic E-state index is 0. The van der Waals surface area contributed by atoms with E-state index in [0.717, 1.165) is 26.3 Å². The summed E-state index contributed by atoms with van der Waals surface area (Å²) < 4.78 is 7.55. The lowest BCUT2D eigenvalue weighted by Crippen LogP contribution is -3.00. The minimum absolute atomic E-state index is 0. The van der Waals surface area contributed by atoms with E-state index in [2.05, 4.69) is 53.0 Å². The summed E-state index contributed by atoms with van der Waals surface area (Å²) in [6.45, 7) is 3.64. The Labute approximate surface area is 124 Å². The van der Waals surface area contributed by atoms with Gasteiger partial charge in [0.05, 0.1) is 13.2 Å². The second kappa shape index (κ2) is 5.84. The molecule has 3 nitrogen and oxygen atoms in total. The van der Waals surface area contributed by atoms with Crippen LogP contribution in [0.15, 0.2) is 36.5 Å². The van der Waals surface area contributed by atoms with Crippen LogP contribution in [0.3, 0.4) is 0 Å². The third-order valence-electron chi connectivity index (χ3n) is 3.36. The van der Waals surface area contributed by atoms with Crippen LogP contribution >= 0.6 is 0 Å². The Morgan fingerprint density at radius 3 is 2.72 bits per heavy atom. The summed E-state index contributed by atoms with van der Waals surface area (Å²) in [4.78, 5) is 2.38. The lowest BCUT2D eigenvalue weighted by molar-refractivity contribution is -0.644. The highest BCUT2D eigenvalue weighted by molar-refractivity contribution is 5.79. The molecule has 0 aliphatic carbocycles. The molecular formula is C14H17IN2O. The lowest BCUT2D eigenvalue weighted by Gasteiger charge is -2.28. The Bertz CT molecular complexity index is 538. The van der Waals surface area contributed by atoms with Gasteiger partial charge < -0.3 is 33.6 Å². The maximum Gasteiger partial charge on any atom is 0.214 e. The van der Waals surface area contributed by atoms with E-state index in [-0.39, 0.29) is 24.0 Å². The van der Waals surface area contributed by atoms with Gasteiger partial charge in [-0.05, 0) is 18.2 Å². The van der Waals surface area contributed by atoms with Gasteiger partial charge in [-0.3, -0.25) is 0 Å². The van der Waals surface area contributed by atoms with Gasteiger partial charge in [0.1, 0.15) is 7.05 Å². The molecule has 1 aliphatic heterocycles. The van der Waals surface area contributed by atoms with Gasteiger partial charge in [0, 0.05) is 36.3 Å². The smallest absolute Gasteiger partial charge is 0.214 e. The number of aromatic nitrogens is 1. The van der Waals surface area contributed by atoms with Crippen molar-refractivity contribution in [1.29, 1.82) is 0 Å². The molecular weight excluding hydrogens is 339 g/mol. The van der Waals surface area contributed by atoms with Gasteiger partial charge in [-0.1, -0.05) is 0 Å². The molecule has 1 saturated heterocycles. The summed E-state index contributed by atoms with van der Waals surface area (Å²) >= 11 is 0. The molecule has 96 valence electrons. The van der Waals surface area contributed by atoms with Crippen molar-refractivity contribution >= 4 is 16.6 Å². The molecule has 1 aromatic carbocycles. The largest absolute Gasteiger partial charge is 1.00 e. The van der Waals surface area contributed by atoms with Gasteiger partial charge in [0.25, 0.3) is 0 Å². The molecule has 0 atom stereocenters. The van der Waals surface area contributed by atoms with E-state index in [0.29, 0.717) is 0 Å². The molecule has 1 aliphatic rings. The number of anilines is 1. The van der Waals surface area contributed by atoms with Crippen molar-refractivity contribution in [3.63, 3.8) is 0 Å². The second-order valence-electron chi connectivity index (χ2n) is 4.46. The van der Waals surface area contributed by atoms with Gasteiger partial charge in [0.15, 0.2) is 6.20 Å². The molecule has 0 bridgehead atoms. The van der Waals surface area contributed by atoms with Gasteiger partial charge in [-0.2, -0.15) is 0 Å². The highest BCUT2D eigenvalue weighted by Crippen LogP contribution is 2.20. The van der Waals surface area contributed by atoms with Crippen LogP contribution in [0.2, 0.25) is 0 Å². The highest BCUT2D eigenvalue weighted by Gasteiger charge is 2.13. The van der Waals surface area contributed by atoms with E-state index in [1.54, 1.807) is 0 Å². The number of morpholine rings is 1. The Morgan fingerprint density at radius 1 is 1.17 bits per heavy atom. The van der Waals surface area contributed by atoms with Gasteiger partial charge in [-0.25, -0.2) is 4.57 Å². The summed E-state index contributed by atoms with van der Waals surface area (Å²) in [7, 11) is 2.09. The van der Waals surface area contributed by atoms with Crippen LogP contribution in [-0.2, 0) is 11.8 Å². The predicted octanol–water partition coefficient (Wildman–Crippen LogP) is -1.50. The molecule has 1 fully saturated rings. The first-order chi connectivity index (χ1) is 8.34. The molecule has 0 radical (unpaired) electrons. The van der Waals surface area contributed by atoms with Crippen molar-refractivity contribution in [2.45, 2.75) is 0 Å². The van der Waals surface area contributed by atoms with Crippen LogP contribution in [0.5, 0.6) is 0 Å². The monoisotopic (exact) mass is 356 g/mol. The molecule has 0 amide bonds. The topological polar surface area (TPSA) is 16.4 Å². The van der Waals surface area contributed by atoms with Crippen LogP contribution in [-0.4, -0.2) is 26.3 Å². The zero-order valence-corrected chi connectivity index (χ0v) is 12.6. The van der Waals surface area contributed by atoms with Crippen molar-refractivity contribution in [1.82, 2.24) is 0 Å². The predicted molar refractivity (Wildman–Crippen MR) is 68.2 cm³/mol. The highest BCUT2D eigenvalue weighted by atomic mass is 127. The summed E-state index contributed by atoms with van der Waals surface area (Å²) in [5, 5.41) is 1.28. The maximum atomic E-state index is 5.39. The first kappa shape index (κ1) is 13.5. The van der Waals surface area contributed by atoms with Crippen LogP contribution in [0, 0.1) is 0 Å². The Balaban J connectivity index is 0.00000120. The van der Waals surface area contributed by atoms with E-state index in [9.17, 15) is 0 Å². The van der Waals surface area contributed by atoms with Crippen LogP contribution < -0.4 is 33.4 Å². The number of rotatable bonds is 1. The molecule has 18 heavy (non-hydrogen) atoms. The Hall–Kier alpha value is -0.880. The number of nitrogens with zero attached hydrogens (tertiary/aromatic N) is 2. The standard InChI is InChI=1S/C14H17N2O.HI/c1-15-6-2-3-12-4-5-13(11-14(12)15)16-7-9-17-10-8-16;/h2-6,11H,7-10H2,1H3;1H/q+1;/p-1. The van der Waals surface area contributed by atoms with Crippen molar-refractivity contribution in [2.24, 2.45) is 7.05 Å². The fraction of sp³-hybridized carbons (Fsp3) is 0.357. The number of hydrogen-bond acceptors (Lipinski definition) is 2. The van der Waals surface area contributed by atoms with Gasteiger partial charge in [0.2, 0.25) is 5.52 Å². The summed E-state index contributed by atoms with van der Waals surface area (Å²) in [6, 6.07) is 10.9. The van der Waals surface area contributed by atoms with E-state index in [1.807, 2.05) is 0 Å². The molecule has 0 spiro atoms. The Morgan fingerprint density at radius 2 is 1.94 bits per heavy atom. The third kappa shape index (κ3) is 2.59. The summed E-state index contributed by atoms with van der Waals surface area (Å²) in [5.74, 6) is 0. The van der Waals surface area contributed by atoms with E-state index >= 15 is 0 Å². The van der Waals surface area contributed by atoms with Crippen molar-refractivity contribution in [3.8, 4) is 0 Å². The second-order valence-corrected chi connectivity index (χ2v) is 4.46. The quantitative estimate of drug-likeness (QED) is 0.457.